The normalized spacial score (nSPS) is 10.2. The van der Waals surface area contributed by atoms with Crippen LogP contribution in [0.25, 0.3) is 0 Å². The fraction of sp³-hybridized carbons (Fsp3) is 0.312. The second-order valence-corrected chi connectivity index (χ2v) is 5.22. The molecule has 0 aliphatic heterocycles. The number of nitrogens with one attached hydrogen (secondary N) is 2. The molecule has 0 saturated heterocycles. The molecule has 7 nitrogen and oxygen atoms in total. The Morgan fingerprint density at radius 1 is 1.17 bits per heavy atom. The number of carbonyl (C=O) groups is 2. The zero-order valence-electron chi connectivity index (χ0n) is 13.2. The van der Waals surface area contributed by atoms with Crippen LogP contribution in [0.5, 0.6) is 5.75 Å². The smallest absolute Gasteiger partial charge is 0.276 e. The molecule has 2 rings (SSSR count). The molecule has 23 heavy (non-hydrogen) atoms. The van der Waals surface area contributed by atoms with Crippen LogP contribution in [-0.4, -0.2) is 28.2 Å². The zero-order chi connectivity index (χ0) is 16.7. The van der Waals surface area contributed by atoms with Crippen molar-refractivity contribution in [1.82, 2.24) is 20.6 Å². The average Bonchev–Trinajstić information content (AvgIpc) is 2.96. The van der Waals surface area contributed by atoms with Gasteiger partial charge in [0.25, 0.3) is 5.91 Å². The molecular weight excluding hydrogens is 296 g/mol. The van der Waals surface area contributed by atoms with Crippen LogP contribution in [0.15, 0.2) is 36.7 Å². The average molecular weight is 316 g/mol. The van der Waals surface area contributed by atoms with Crippen molar-refractivity contribution in [1.29, 1.82) is 0 Å². The summed E-state index contributed by atoms with van der Waals surface area (Å²) in [6.07, 6.45) is 4.39. The molecule has 0 aliphatic carbocycles. The Labute approximate surface area is 134 Å². The molecule has 0 bridgehead atoms. The minimum Gasteiger partial charge on any atom is -0.484 e. The van der Waals surface area contributed by atoms with Crippen molar-refractivity contribution in [3.05, 3.63) is 47.8 Å². The summed E-state index contributed by atoms with van der Waals surface area (Å²) >= 11 is 0. The minimum absolute atomic E-state index is 0.161. The monoisotopic (exact) mass is 316 g/mol. The predicted molar refractivity (Wildman–Crippen MR) is 84.5 cm³/mol. The number of hydrogen-bond acceptors (Lipinski definition) is 4. The number of hydrogen-bond donors (Lipinski definition) is 2. The van der Waals surface area contributed by atoms with Crippen LogP contribution in [0.3, 0.4) is 0 Å². The quantitative estimate of drug-likeness (QED) is 0.775. The Balaban J connectivity index is 1.63. The molecule has 0 radical (unpaired) electrons. The number of aryl methyl sites for hydroxylation is 3. The molecule has 1 heterocycles. The van der Waals surface area contributed by atoms with Crippen LogP contribution >= 0.6 is 0 Å². The SMILES string of the molecule is Cc1ccc(OCC(=O)NNC(=O)CCc2cnn(C)c2)cc1. The van der Waals surface area contributed by atoms with Crippen molar-refractivity contribution in [2.45, 2.75) is 19.8 Å². The first kappa shape index (κ1) is 16.5. The number of aromatic nitrogens is 2. The van der Waals surface area contributed by atoms with Crippen LogP contribution in [-0.2, 0) is 23.1 Å². The minimum atomic E-state index is -0.416. The second-order valence-electron chi connectivity index (χ2n) is 5.22. The number of hydrazine groups is 1. The summed E-state index contributed by atoms with van der Waals surface area (Å²) < 4.78 is 6.99. The molecule has 122 valence electrons. The molecule has 1 aromatic heterocycles. The highest BCUT2D eigenvalue weighted by molar-refractivity contribution is 5.82. The molecule has 0 atom stereocenters. The summed E-state index contributed by atoms with van der Waals surface area (Å²) in [5.41, 5.74) is 6.76. The van der Waals surface area contributed by atoms with E-state index in [0.717, 1.165) is 11.1 Å². The third kappa shape index (κ3) is 5.82. The highest BCUT2D eigenvalue weighted by Crippen LogP contribution is 2.10. The summed E-state index contributed by atoms with van der Waals surface area (Å²) in [5.74, 6) is -0.0773. The van der Waals surface area contributed by atoms with E-state index in [1.807, 2.05) is 32.3 Å². The van der Waals surface area contributed by atoms with Gasteiger partial charge in [0, 0.05) is 19.7 Å². The number of rotatable bonds is 6. The maximum atomic E-state index is 11.6. The lowest BCUT2D eigenvalue weighted by Gasteiger charge is -2.08. The van der Waals surface area contributed by atoms with Gasteiger partial charge in [0.05, 0.1) is 6.20 Å². The molecular formula is C16H20N4O3. The van der Waals surface area contributed by atoms with Gasteiger partial charge >= 0.3 is 0 Å². The van der Waals surface area contributed by atoms with Crippen molar-refractivity contribution in [2.24, 2.45) is 7.05 Å². The van der Waals surface area contributed by atoms with Crippen molar-refractivity contribution < 1.29 is 14.3 Å². The van der Waals surface area contributed by atoms with Gasteiger partial charge in [-0.1, -0.05) is 17.7 Å². The van der Waals surface area contributed by atoms with Gasteiger partial charge in [-0.25, -0.2) is 0 Å². The van der Waals surface area contributed by atoms with Gasteiger partial charge in [-0.05, 0) is 31.0 Å². The second kappa shape index (κ2) is 7.98. The van der Waals surface area contributed by atoms with E-state index >= 15 is 0 Å². The molecule has 7 heteroatoms. The Morgan fingerprint density at radius 2 is 1.87 bits per heavy atom. The van der Waals surface area contributed by atoms with Crippen LogP contribution < -0.4 is 15.6 Å². The Hall–Kier alpha value is -2.83. The third-order valence-electron chi connectivity index (χ3n) is 3.13. The molecule has 2 aromatic rings. The number of carbonyl (C=O) groups excluding carboxylic acids is 2. The van der Waals surface area contributed by atoms with Crippen molar-refractivity contribution in [3.8, 4) is 5.75 Å². The highest BCUT2D eigenvalue weighted by Gasteiger charge is 2.06. The van der Waals surface area contributed by atoms with E-state index in [4.69, 9.17) is 4.74 Å². The molecule has 0 fully saturated rings. The number of nitrogens with zero attached hydrogens (tertiary/aromatic N) is 2. The van der Waals surface area contributed by atoms with Gasteiger partial charge in [0.1, 0.15) is 5.75 Å². The van der Waals surface area contributed by atoms with E-state index in [-0.39, 0.29) is 18.9 Å². The van der Waals surface area contributed by atoms with Gasteiger partial charge in [-0.2, -0.15) is 5.10 Å². The molecule has 0 unspecified atom stereocenters. The molecule has 1 aromatic carbocycles. The van der Waals surface area contributed by atoms with E-state index in [1.54, 1.807) is 23.0 Å². The van der Waals surface area contributed by atoms with E-state index in [0.29, 0.717) is 12.2 Å². The largest absolute Gasteiger partial charge is 0.484 e. The van der Waals surface area contributed by atoms with E-state index in [9.17, 15) is 9.59 Å². The number of benzene rings is 1. The Bertz CT molecular complexity index is 664. The van der Waals surface area contributed by atoms with E-state index < -0.39 is 5.91 Å². The van der Waals surface area contributed by atoms with Crippen molar-refractivity contribution in [3.63, 3.8) is 0 Å². The summed E-state index contributed by atoms with van der Waals surface area (Å²) in [6, 6.07) is 7.37. The van der Waals surface area contributed by atoms with Gasteiger partial charge in [-0.3, -0.25) is 25.1 Å². The Kier molecular flexibility index (Phi) is 5.74. The zero-order valence-corrected chi connectivity index (χ0v) is 13.2. The van der Waals surface area contributed by atoms with Crippen LogP contribution in [0.4, 0.5) is 0 Å². The van der Waals surface area contributed by atoms with Gasteiger partial charge in [0.15, 0.2) is 6.61 Å². The first-order valence-electron chi connectivity index (χ1n) is 7.27. The third-order valence-corrected chi connectivity index (χ3v) is 3.13. The summed E-state index contributed by atoms with van der Waals surface area (Å²) in [6.45, 7) is 1.81. The first-order valence-corrected chi connectivity index (χ1v) is 7.27. The Morgan fingerprint density at radius 3 is 2.52 bits per heavy atom. The molecule has 0 spiro atoms. The number of amides is 2. The summed E-state index contributed by atoms with van der Waals surface area (Å²) in [7, 11) is 1.82. The topological polar surface area (TPSA) is 85.2 Å². The maximum absolute atomic E-state index is 11.6. The molecule has 0 saturated carbocycles. The fourth-order valence-electron chi connectivity index (χ4n) is 1.88. The van der Waals surface area contributed by atoms with E-state index in [2.05, 4.69) is 16.0 Å². The fourth-order valence-corrected chi connectivity index (χ4v) is 1.88. The lowest BCUT2D eigenvalue weighted by molar-refractivity contribution is -0.130. The standard InChI is InChI=1S/C16H20N4O3/c1-12-3-6-14(7-4-12)23-11-16(22)19-18-15(21)8-5-13-9-17-20(2)10-13/h3-4,6-7,9-10H,5,8,11H2,1-2H3,(H,18,21)(H,19,22). The van der Waals surface area contributed by atoms with Gasteiger partial charge < -0.3 is 4.74 Å². The lowest BCUT2D eigenvalue weighted by atomic mass is 10.2. The van der Waals surface area contributed by atoms with Crippen LogP contribution in [0.2, 0.25) is 0 Å². The summed E-state index contributed by atoms with van der Waals surface area (Å²) in [5, 5.41) is 4.03. The van der Waals surface area contributed by atoms with Crippen molar-refractivity contribution in [2.75, 3.05) is 6.61 Å². The molecule has 2 N–H and O–H groups in total. The lowest BCUT2D eigenvalue weighted by Crippen LogP contribution is -2.43. The first-order chi connectivity index (χ1) is 11.0. The van der Waals surface area contributed by atoms with Crippen molar-refractivity contribution >= 4 is 11.8 Å². The highest BCUT2D eigenvalue weighted by atomic mass is 16.5. The van der Waals surface area contributed by atoms with Crippen LogP contribution in [0, 0.1) is 6.92 Å². The maximum Gasteiger partial charge on any atom is 0.276 e. The molecule has 2 amide bonds. The molecule has 0 aliphatic rings. The van der Waals surface area contributed by atoms with Gasteiger partial charge in [-0.15, -0.1) is 0 Å². The van der Waals surface area contributed by atoms with Gasteiger partial charge in [0.2, 0.25) is 5.91 Å². The summed E-state index contributed by atoms with van der Waals surface area (Å²) in [4.78, 5) is 23.2. The predicted octanol–water partition coefficient (Wildman–Crippen LogP) is 0.888. The van der Waals surface area contributed by atoms with Crippen LogP contribution in [0.1, 0.15) is 17.5 Å². The van der Waals surface area contributed by atoms with E-state index in [1.165, 1.54) is 0 Å². The number of ether oxygens (including phenoxy) is 1.